The Balaban J connectivity index is 2.49. The minimum absolute atomic E-state index is 0.209. The van der Waals surface area contributed by atoms with Crippen LogP contribution in [0.15, 0.2) is 12.4 Å². The molecule has 0 radical (unpaired) electrons. The highest BCUT2D eigenvalue weighted by Crippen LogP contribution is 2.28. The fourth-order valence-electron chi connectivity index (χ4n) is 2.77. The van der Waals surface area contributed by atoms with E-state index in [-0.39, 0.29) is 11.6 Å². The molecule has 0 fully saturated rings. The number of carboxylic acid groups (broad SMARTS) is 1. The van der Waals surface area contributed by atoms with Crippen LogP contribution in [0.25, 0.3) is 11.0 Å². The number of aromatic nitrogens is 3. The molecule has 0 aliphatic carbocycles. The number of aryl methyl sites for hydroxylation is 1. The predicted molar refractivity (Wildman–Crippen MR) is 87.4 cm³/mol. The van der Waals surface area contributed by atoms with Crippen LogP contribution >= 0.6 is 0 Å². The van der Waals surface area contributed by atoms with Crippen LogP contribution in [0.5, 0.6) is 0 Å². The molecular formula is C16H24N4O2. The van der Waals surface area contributed by atoms with Crippen molar-refractivity contribution in [3.05, 3.63) is 18.0 Å². The quantitative estimate of drug-likeness (QED) is 0.780. The number of hydrogen-bond acceptors (Lipinski definition) is 4. The Morgan fingerprint density at radius 2 is 1.95 bits per heavy atom. The van der Waals surface area contributed by atoms with Gasteiger partial charge in [0.25, 0.3) is 0 Å². The van der Waals surface area contributed by atoms with Crippen LogP contribution in [-0.2, 0) is 6.54 Å². The summed E-state index contributed by atoms with van der Waals surface area (Å²) in [5.41, 5.74) is 1.58. The molecule has 120 valence electrons. The van der Waals surface area contributed by atoms with Gasteiger partial charge in [-0.3, -0.25) is 0 Å². The molecule has 0 amide bonds. The van der Waals surface area contributed by atoms with Crippen molar-refractivity contribution in [3.8, 4) is 0 Å². The lowest BCUT2D eigenvalue weighted by atomic mass is 10.0. The molecule has 0 bridgehead atoms. The smallest absolute Gasteiger partial charge is 0.339 e. The van der Waals surface area contributed by atoms with Gasteiger partial charge in [0, 0.05) is 18.8 Å². The van der Waals surface area contributed by atoms with Crippen LogP contribution in [0.2, 0.25) is 0 Å². The van der Waals surface area contributed by atoms with E-state index in [1.165, 1.54) is 6.20 Å². The number of hydrogen-bond donors (Lipinski definition) is 2. The third kappa shape index (κ3) is 3.21. The van der Waals surface area contributed by atoms with Gasteiger partial charge in [0.2, 0.25) is 0 Å². The average molecular weight is 304 g/mol. The van der Waals surface area contributed by atoms with Crippen LogP contribution in [-0.4, -0.2) is 31.9 Å². The first-order chi connectivity index (χ1) is 10.6. The van der Waals surface area contributed by atoms with Gasteiger partial charge in [0.05, 0.1) is 17.3 Å². The van der Waals surface area contributed by atoms with Crippen LogP contribution in [0.4, 0.5) is 5.69 Å². The molecule has 0 saturated carbocycles. The van der Waals surface area contributed by atoms with E-state index in [1.54, 1.807) is 10.9 Å². The first-order valence-corrected chi connectivity index (χ1v) is 7.96. The fraction of sp³-hybridized carbons (Fsp3) is 0.562. The number of carboxylic acids is 1. The van der Waals surface area contributed by atoms with Crippen molar-refractivity contribution in [1.29, 1.82) is 0 Å². The van der Waals surface area contributed by atoms with E-state index in [0.29, 0.717) is 12.2 Å². The van der Waals surface area contributed by atoms with E-state index < -0.39 is 5.97 Å². The first-order valence-electron chi connectivity index (χ1n) is 7.96. The van der Waals surface area contributed by atoms with Crippen molar-refractivity contribution in [1.82, 2.24) is 14.8 Å². The van der Waals surface area contributed by atoms with Gasteiger partial charge < -0.3 is 10.4 Å². The van der Waals surface area contributed by atoms with Crippen LogP contribution in [0.3, 0.4) is 0 Å². The second kappa shape index (κ2) is 7.24. The Hall–Kier alpha value is -2.11. The monoisotopic (exact) mass is 304 g/mol. The number of nitrogens with zero attached hydrogens (tertiary/aromatic N) is 3. The number of nitrogens with one attached hydrogen (secondary N) is 1. The normalized spacial score (nSPS) is 11.3. The van der Waals surface area contributed by atoms with Crippen LogP contribution < -0.4 is 5.32 Å². The number of anilines is 1. The van der Waals surface area contributed by atoms with Gasteiger partial charge in [0.1, 0.15) is 5.56 Å². The molecule has 6 nitrogen and oxygen atoms in total. The van der Waals surface area contributed by atoms with Crippen molar-refractivity contribution < 1.29 is 9.90 Å². The summed E-state index contributed by atoms with van der Waals surface area (Å²) in [5.74, 6) is -0.965. The third-order valence-electron chi connectivity index (χ3n) is 3.82. The number of rotatable bonds is 8. The Morgan fingerprint density at radius 1 is 1.27 bits per heavy atom. The molecular weight excluding hydrogens is 280 g/mol. The summed E-state index contributed by atoms with van der Waals surface area (Å²) in [6, 6.07) is 0.267. The Morgan fingerprint density at radius 3 is 2.50 bits per heavy atom. The molecule has 0 spiro atoms. The third-order valence-corrected chi connectivity index (χ3v) is 3.82. The minimum Gasteiger partial charge on any atom is -0.478 e. The molecule has 2 aromatic heterocycles. The molecule has 2 rings (SSSR count). The van der Waals surface area contributed by atoms with Crippen molar-refractivity contribution in [2.45, 2.75) is 59.0 Å². The van der Waals surface area contributed by atoms with E-state index in [0.717, 1.165) is 36.7 Å². The Bertz CT molecular complexity index is 645. The highest BCUT2D eigenvalue weighted by atomic mass is 16.4. The second-order valence-electron chi connectivity index (χ2n) is 5.47. The maximum absolute atomic E-state index is 11.5. The van der Waals surface area contributed by atoms with Gasteiger partial charge in [-0.2, -0.15) is 5.10 Å². The fourth-order valence-corrected chi connectivity index (χ4v) is 2.77. The molecule has 2 N–H and O–H groups in total. The average Bonchev–Trinajstić information content (AvgIpc) is 2.91. The summed E-state index contributed by atoms with van der Waals surface area (Å²) in [6.07, 6.45) is 7.27. The molecule has 2 heterocycles. The lowest BCUT2D eigenvalue weighted by Gasteiger charge is -2.20. The summed E-state index contributed by atoms with van der Waals surface area (Å²) in [7, 11) is 0. The number of aromatic carboxylic acids is 1. The molecule has 0 aromatic carbocycles. The van der Waals surface area contributed by atoms with E-state index in [4.69, 9.17) is 0 Å². The number of carbonyl (C=O) groups is 1. The molecule has 0 saturated heterocycles. The molecule has 0 aliphatic heterocycles. The lowest BCUT2D eigenvalue weighted by Crippen LogP contribution is -2.21. The van der Waals surface area contributed by atoms with Crippen molar-refractivity contribution in [2.75, 3.05) is 5.32 Å². The van der Waals surface area contributed by atoms with E-state index >= 15 is 0 Å². The summed E-state index contributed by atoms with van der Waals surface area (Å²) >= 11 is 0. The summed E-state index contributed by atoms with van der Waals surface area (Å²) in [4.78, 5) is 15.8. The highest BCUT2D eigenvalue weighted by molar-refractivity contribution is 6.03. The minimum atomic E-state index is -0.965. The lowest BCUT2D eigenvalue weighted by molar-refractivity contribution is 0.0697. The van der Waals surface area contributed by atoms with Gasteiger partial charge in [-0.25, -0.2) is 14.5 Å². The van der Waals surface area contributed by atoms with E-state index in [9.17, 15) is 9.90 Å². The molecule has 0 aliphatic rings. The van der Waals surface area contributed by atoms with Crippen molar-refractivity contribution >= 4 is 22.7 Å². The summed E-state index contributed by atoms with van der Waals surface area (Å²) < 4.78 is 1.78. The van der Waals surface area contributed by atoms with Gasteiger partial charge in [-0.05, 0) is 19.8 Å². The zero-order chi connectivity index (χ0) is 16.1. The molecule has 22 heavy (non-hydrogen) atoms. The zero-order valence-corrected chi connectivity index (χ0v) is 13.5. The maximum Gasteiger partial charge on any atom is 0.339 e. The topological polar surface area (TPSA) is 80.0 Å². The zero-order valence-electron chi connectivity index (χ0n) is 13.5. The van der Waals surface area contributed by atoms with Crippen molar-refractivity contribution in [3.63, 3.8) is 0 Å². The second-order valence-corrected chi connectivity index (χ2v) is 5.47. The summed E-state index contributed by atoms with van der Waals surface area (Å²) in [5, 5.41) is 18.0. The summed E-state index contributed by atoms with van der Waals surface area (Å²) in [6.45, 7) is 6.97. The van der Waals surface area contributed by atoms with Crippen LogP contribution in [0.1, 0.15) is 56.8 Å². The van der Waals surface area contributed by atoms with E-state index in [1.807, 2.05) is 6.92 Å². The largest absolute Gasteiger partial charge is 0.478 e. The van der Waals surface area contributed by atoms with E-state index in [2.05, 4.69) is 29.2 Å². The highest BCUT2D eigenvalue weighted by Gasteiger charge is 2.19. The van der Waals surface area contributed by atoms with Crippen molar-refractivity contribution in [2.24, 2.45) is 0 Å². The number of pyridine rings is 1. The van der Waals surface area contributed by atoms with Gasteiger partial charge in [-0.15, -0.1) is 0 Å². The Kier molecular flexibility index (Phi) is 5.35. The SMILES string of the molecule is CCCC(CCC)Nc1c(C(=O)O)cnc2c1cnn2CC. The first kappa shape index (κ1) is 16.3. The molecule has 6 heteroatoms. The van der Waals surface area contributed by atoms with Gasteiger partial charge >= 0.3 is 5.97 Å². The predicted octanol–water partition coefficient (Wildman–Crippen LogP) is 3.53. The molecule has 2 aromatic rings. The molecule has 0 unspecified atom stereocenters. The standard InChI is InChI=1S/C16H24N4O2/c1-4-7-11(8-5-2)19-14-12-10-18-20(6-3)15(12)17-9-13(14)16(21)22/h9-11H,4-8H2,1-3H3,(H,17,19)(H,21,22). The Labute approximate surface area is 130 Å². The maximum atomic E-state index is 11.5. The molecule has 0 atom stereocenters. The number of fused-ring (bicyclic) bond motifs is 1. The van der Waals surface area contributed by atoms with Gasteiger partial charge in [0.15, 0.2) is 5.65 Å². The van der Waals surface area contributed by atoms with Crippen LogP contribution in [0, 0.1) is 0 Å². The van der Waals surface area contributed by atoms with Gasteiger partial charge in [-0.1, -0.05) is 26.7 Å².